The molecule has 2 aromatic carbocycles. The summed E-state index contributed by atoms with van der Waals surface area (Å²) in [6.45, 7) is 3.48. The van der Waals surface area contributed by atoms with Crippen LogP contribution in [-0.4, -0.2) is 24.1 Å². The summed E-state index contributed by atoms with van der Waals surface area (Å²) in [5.74, 6) is 0.765. The highest BCUT2D eigenvalue weighted by Gasteiger charge is 2.20. The molecule has 0 fully saturated rings. The van der Waals surface area contributed by atoms with Crippen molar-refractivity contribution in [2.75, 3.05) is 13.7 Å². The number of benzene rings is 2. The highest BCUT2D eigenvalue weighted by atomic mass is 35.5. The molecule has 0 aliphatic rings. The minimum atomic E-state index is -0.454. The largest absolute Gasteiger partial charge is 0.497 e. The monoisotopic (exact) mass is 425 g/mol. The number of ether oxygens (including phenoxy) is 2. The Balaban J connectivity index is 1.68. The number of methoxy groups -OCH3 is 1. The van der Waals surface area contributed by atoms with Gasteiger partial charge in [-0.1, -0.05) is 11.6 Å². The van der Waals surface area contributed by atoms with Crippen LogP contribution in [0.4, 0.5) is 0 Å². The molecule has 0 radical (unpaired) electrons. The van der Waals surface area contributed by atoms with Crippen LogP contribution < -0.4 is 15.1 Å². The molecule has 4 rings (SSSR count). The number of aromatic nitrogens is 1. The van der Waals surface area contributed by atoms with Crippen molar-refractivity contribution < 1.29 is 18.7 Å². The van der Waals surface area contributed by atoms with Crippen LogP contribution in [0.1, 0.15) is 21.6 Å². The topological polar surface area (TPSA) is 70.7 Å². The second-order valence-electron chi connectivity index (χ2n) is 7.14. The highest BCUT2D eigenvalue weighted by Crippen LogP contribution is 2.32. The molecule has 0 unspecified atom stereocenters. The maximum Gasteiger partial charge on any atom is 0.336 e. The van der Waals surface area contributed by atoms with Crippen LogP contribution in [0.25, 0.3) is 21.9 Å². The van der Waals surface area contributed by atoms with Crippen LogP contribution in [0.15, 0.2) is 45.6 Å². The smallest absolute Gasteiger partial charge is 0.336 e. The number of nitrogens with zero attached hydrogens (tertiary/aromatic N) is 1. The molecule has 7 heteroatoms. The number of hydrogen-bond acceptors (Lipinski definition) is 5. The van der Waals surface area contributed by atoms with Gasteiger partial charge in [-0.3, -0.25) is 4.79 Å². The fourth-order valence-electron chi connectivity index (χ4n) is 3.68. The van der Waals surface area contributed by atoms with Gasteiger partial charge in [-0.15, -0.1) is 0 Å². The Kier molecular flexibility index (Phi) is 5.03. The van der Waals surface area contributed by atoms with E-state index in [0.717, 1.165) is 27.5 Å². The van der Waals surface area contributed by atoms with E-state index in [-0.39, 0.29) is 18.1 Å². The van der Waals surface area contributed by atoms with Gasteiger partial charge in [0, 0.05) is 46.7 Å². The van der Waals surface area contributed by atoms with E-state index in [2.05, 4.69) is 0 Å². The number of rotatable bonds is 5. The van der Waals surface area contributed by atoms with E-state index in [9.17, 15) is 9.59 Å². The zero-order valence-electron chi connectivity index (χ0n) is 17.0. The Morgan fingerprint density at radius 3 is 2.63 bits per heavy atom. The second-order valence-corrected chi connectivity index (χ2v) is 7.55. The van der Waals surface area contributed by atoms with Crippen molar-refractivity contribution in [1.82, 2.24) is 4.57 Å². The van der Waals surface area contributed by atoms with E-state index in [4.69, 9.17) is 25.5 Å². The van der Waals surface area contributed by atoms with Gasteiger partial charge < -0.3 is 18.5 Å². The third-order valence-corrected chi connectivity index (χ3v) is 5.64. The average Bonchev–Trinajstić information content (AvgIpc) is 2.96. The highest BCUT2D eigenvalue weighted by molar-refractivity contribution is 6.32. The van der Waals surface area contributed by atoms with E-state index >= 15 is 0 Å². The van der Waals surface area contributed by atoms with Crippen molar-refractivity contribution in [3.8, 4) is 11.5 Å². The second kappa shape index (κ2) is 7.54. The van der Waals surface area contributed by atoms with Gasteiger partial charge in [0.2, 0.25) is 5.78 Å². The molecule has 0 aliphatic carbocycles. The first kappa shape index (κ1) is 20.0. The predicted octanol–water partition coefficient (Wildman–Crippen LogP) is 4.83. The van der Waals surface area contributed by atoms with Crippen molar-refractivity contribution in [1.29, 1.82) is 0 Å². The fraction of sp³-hybridized carbons (Fsp3) is 0.217. The normalized spacial score (nSPS) is 11.2. The molecule has 2 heterocycles. The van der Waals surface area contributed by atoms with Gasteiger partial charge >= 0.3 is 5.63 Å². The van der Waals surface area contributed by atoms with Crippen molar-refractivity contribution in [3.05, 3.63) is 68.7 Å². The lowest BCUT2D eigenvalue weighted by molar-refractivity contribution is 0.0922. The number of carbonyl (C=O) groups excluding carboxylic acids is 1. The minimum Gasteiger partial charge on any atom is -0.497 e. The molecular weight excluding hydrogens is 406 g/mol. The average molecular weight is 426 g/mol. The molecular formula is C23H20ClNO5. The molecule has 6 nitrogen and oxygen atoms in total. The molecule has 0 spiro atoms. The Morgan fingerprint density at radius 2 is 1.90 bits per heavy atom. The van der Waals surface area contributed by atoms with E-state index in [1.165, 1.54) is 6.07 Å². The lowest BCUT2D eigenvalue weighted by Gasteiger charge is -2.10. The van der Waals surface area contributed by atoms with E-state index in [1.54, 1.807) is 26.2 Å². The molecule has 30 heavy (non-hydrogen) atoms. The zero-order chi connectivity index (χ0) is 21.6. The quantitative estimate of drug-likeness (QED) is 0.338. The first-order chi connectivity index (χ1) is 14.3. The summed E-state index contributed by atoms with van der Waals surface area (Å²) >= 11 is 6.34. The van der Waals surface area contributed by atoms with Crippen molar-refractivity contribution in [3.63, 3.8) is 0 Å². The third-order valence-electron chi connectivity index (χ3n) is 5.34. The summed E-state index contributed by atoms with van der Waals surface area (Å²) in [6, 6.07) is 10.2. The molecule has 0 aliphatic heterocycles. The summed E-state index contributed by atoms with van der Waals surface area (Å²) < 4.78 is 18.2. The Labute approximate surface area is 177 Å². The molecule has 2 aromatic heterocycles. The maximum atomic E-state index is 13.1. The lowest BCUT2D eigenvalue weighted by Crippen LogP contribution is -2.13. The van der Waals surface area contributed by atoms with Crippen molar-refractivity contribution in [2.45, 2.75) is 13.8 Å². The van der Waals surface area contributed by atoms with Gasteiger partial charge in [-0.05, 0) is 43.7 Å². The Bertz CT molecular complexity index is 1370. The van der Waals surface area contributed by atoms with Crippen molar-refractivity contribution >= 4 is 39.3 Å². The number of fused-ring (bicyclic) bond motifs is 2. The number of aryl methyl sites for hydroxylation is 2. The fourth-order valence-corrected chi connectivity index (χ4v) is 3.89. The summed E-state index contributed by atoms with van der Waals surface area (Å²) in [7, 11) is 3.50. The predicted molar refractivity (Wildman–Crippen MR) is 116 cm³/mol. The van der Waals surface area contributed by atoms with E-state index in [1.807, 2.05) is 36.7 Å². The molecule has 4 aromatic rings. The summed E-state index contributed by atoms with van der Waals surface area (Å²) in [6.07, 6.45) is 0. The van der Waals surface area contributed by atoms with Gasteiger partial charge in [0.25, 0.3) is 0 Å². The molecule has 0 bridgehead atoms. The van der Waals surface area contributed by atoms with E-state index in [0.29, 0.717) is 21.9 Å². The first-order valence-electron chi connectivity index (χ1n) is 9.33. The number of halogens is 1. The standard InChI is InChI=1S/C23H20ClNO5/c1-12-7-22(27)30-20-10-21(17(24)9-15(12)20)29-11-19(26)23-13(2)25(3)18-6-5-14(28-4)8-16(18)23/h5-10H,11H2,1-4H3. The third kappa shape index (κ3) is 3.33. The molecule has 154 valence electrons. The van der Waals surface area contributed by atoms with Crippen LogP contribution in [0.3, 0.4) is 0 Å². The van der Waals surface area contributed by atoms with E-state index < -0.39 is 5.63 Å². The van der Waals surface area contributed by atoms with Crippen LogP contribution in [0.5, 0.6) is 11.5 Å². The SMILES string of the molecule is COc1ccc2c(c1)c(C(=O)COc1cc3oc(=O)cc(C)c3cc1Cl)c(C)n2C. The van der Waals surface area contributed by atoms with Gasteiger partial charge in [0.05, 0.1) is 12.1 Å². The van der Waals surface area contributed by atoms with Gasteiger partial charge in [0.15, 0.2) is 6.61 Å². The minimum absolute atomic E-state index is 0.187. The van der Waals surface area contributed by atoms with Crippen molar-refractivity contribution in [2.24, 2.45) is 7.05 Å². The number of hydrogen-bond donors (Lipinski definition) is 0. The maximum absolute atomic E-state index is 13.1. The number of ketones is 1. The number of carbonyl (C=O) groups is 1. The zero-order valence-corrected chi connectivity index (χ0v) is 17.8. The summed E-state index contributed by atoms with van der Waals surface area (Å²) in [5, 5.41) is 1.85. The molecule has 0 atom stereocenters. The first-order valence-corrected chi connectivity index (χ1v) is 9.71. The number of Topliss-reactive ketones (excluding diaryl/α,β-unsaturated/α-hetero) is 1. The summed E-state index contributed by atoms with van der Waals surface area (Å²) in [4.78, 5) is 24.7. The molecule has 0 saturated carbocycles. The van der Waals surface area contributed by atoms with Crippen LogP contribution in [0.2, 0.25) is 5.02 Å². The summed E-state index contributed by atoms with van der Waals surface area (Å²) in [5.41, 5.74) is 3.00. The van der Waals surface area contributed by atoms with Gasteiger partial charge in [-0.2, -0.15) is 0 Å². The van der Waals surface area contributed by atoms with Crippen LogP contribution in [-0.2, 0) is 7.05 Å². The van der Waals surface area contributed by atoms with Crippen LogP contribution in [0, 0.1) is 13.8 Å². The van der Waals surface area contributed by atoms with Crippen LogP contribution >= 0.6 is 11.6 Å². The lowest BCUT2D eigenvalue weighted by atomic mass is 10.1. The molecule has 0 saturated heterocycles. The Morgan fingerprint density at radius 1 is 1.13 bits per heavy atom. The Hall–Kier alpha value is -3.25. The van der Waals surface area contributed by atoms with Gasteiger partial charge in [0.1, 0.15) is 17.1 Å². The molecule has 0 N–H and O–H groups in total. The molecule has 0 amide bonds. The van der Waals surface area contributed by atoms with Gasteiger partial charge in [-0.25, -0.2) is 4.79 Å².